The van der Waals surface area contributed by atoms with Crippen molar-refractivity contribution in [3.8, 4) is 0 Å². The lowest BCUT2D eigenvalue weighted by Gasteiger charge is -2.43. The molecule has 194 valence electrons. The van der Waals surface area contributed by atoms with E-state index >= 15 is 0 Å². The highest BCUT2D eigenvalue weighted by molar-refractivity contribution is 6.32. The number of carbonyl (C=O) groups excluding carboxylic acids is 1. The topological polar surface area (TPSA) is 77.9 Å². The number of nitrogens with zero attached hydrogens (tertiary/aromatic N) is 3. The molecule has 3 heterocycles. The second-order valence-electron chi connectivity index (χ2n) is 11.8. The van der Waals surface area contributed by atoms with Gasteiger partial charge in [0.1, 0.15) is 5.82 Å². The summed E-state index contributed by atoms with van der Waals surface area (Å²) in [6.45, 7) is 4.91. The molecule has 0 bridgehead atoms. The molecule has 0 radical (unpaired) electrons. The standard InChI is InChI=1S/C28H37ClN4O3/c1-28(15-36-14-23(28)34)33-8-6-16(7-9-33)20-10-17-12-24(30-13-18(17)11-21(20)29)31-27(35)26-19-4-5-22(25(19)26)32(2)3/h10-13,16,19,22-23,25-26,34H,4-9,14-15H2,1-3H3,(H,30,31,35)/t19-,22?,23+,25-,26+,28-/m1/s1. The number of aliphatic hydroxyl groups is 1. The summed E-state index contributed by atoms with van der Waals surface area (Å²) >= 11 is 6.74. The molecule has 4 fully saturated rings. The maximum Gasteiger partial charge on any atom is 0.229 e. The third-order valence-electron chi connectivity index (χ3n) is 9.57. The predicted molar refractivity (Wildman–Crippen MR) is 141 cm³/mol. The molecule has 36 heavy (non-hydrogen) atoms. The Hall–Kier alpha value is -1.77. The van der Waals surface area contributed by atoms with Gasteiger partial charge in [0, 0.05) is 28.6 Å². The summed E-state index contributed by atoms with van der Waals surface area (Å²) in [7, 11) is 4.23. The van der Waals surface area contributed by atoms with Gasteiger partial charge in [0.05, 0.1) is 24.9 Å². The fourth-order valence-electron chi connectivity index (χ4n) is 7.25. The number of aliphatic hydroxyl groups excluding tert-OH is 1. The molecule has 2 aromatic rings. The average Bonchev–Trinajstić information content (AvgIpc) is 3.21. The summed E-state index contributed by atoms with van der Waals surface area (Å²) in [5.41, 5.74) is 0.856. The smallest absolute Gasteiger partial charge is 0.229 e. The van der Waals surface area contributed by atoms with Crippen LogP contribution < -0.4 is 5.32 Å². The molecule has 2 saturated carbocycles. The van der Waals surface area contributed by atoms with Crippen LogP contribution in [0.15, 0.2) is 24.4 Å². The van der Waals surface area contributed by atoms with Gasteiger partial charge in [-0.1, -0.05) is 11.6 Å². The van der Waals surface area contributed by atoms with Gasteiger partial charge in [-0.25, -0.2) is 4.98 Å². The number of halogens is 1. The predicted octanol–water partition coefficient (Wildman–Crippen LogP) is 3.74. The Morgan fingerprint density at radius 1 is 1.19 bits per heavy atom. The van der Waals surface area contributed by atoms with Crippen molar-refractivity contribution in [2.24, 2.45) is 17.8 Å². The van der Waals surface area contributed by atoms with Gasteiger partial charge in [-0.2, -0.15) is 0 Å². The summed E-state index contributed by atoms with van der Waals surface area (Å²) < 4.78 is 5.55. The van der Waals surface area contributed by atoms with Crippen LogP contribution >= 0.6 is 11.6 Å². The second kappa shape index (κ2) is 9.21. The maximum atomic E-state index is 13.0. The average molecular weight is 513 g/mol. The van der Waals surface area contributed by atoms with Crippen LogP contribution in [0.4, 0.5) is 5.82 Å². The molecule has 0 spiro atoms. The lowest BCUT2D eigenvalue weighted by atomic mass is 9.85. The number of carbonyl (C=O) groups is 1. The van der Waals surface area contributed by atoms with Gasteiger partial charge in [0.2, 0.25) is 5.91 Å². The molecule has 2 saturated heterocycles. The van der Waals surface area contributed by atoms with E-state index in [9.17, 15) is 9.90 Å². The summed E-state index contributed by atoms with van der Waals surface area (Å²) in [6, 6.07) is 6.67. The van der Waals surface area contributed by atoms with E-state index in [1.54, 1.807) is 0 Å². The van der Waals surface area contributed by atoms with Gasteiger partial charge in [-0.15, -0.1) is 0 Å². The zero-order valence-electron chi connectivity index (χ0n) is 21.4. The Bertz CT molecular complexity index is 1170. The van der Waals surface area contributed by atoms with Gasteiger partial charge in [-0.3, -0.25) is 9.69 Å². The largest absolute Gasteiger partial charge is 0.389 e. The third kappa shape index (κ3) is 4.13. The van der Waals surface area contributed by atoms with Crippen LogP contribution in [0.5, 0.6) is 0 Å². The molecule has 6 rings (SSSR count). The molecule has 4 aliphatic rings. The fourth-order valence-corrected chi connectivity index (χ4v) is 7.58. The Morgan fingerprint density at radius 3 is 2.67 bits per heavy atom. The van der Waals surface area contributed by atoms with Crippen molar-refractivity contribution in [3.63, 3.8) is 0 Å². The molecular weight excluding hydrogens is 476 g/mol. The quantitative estimate of drug-likeness (QED) is 0.635. The molecule has 1 aromatic heterocycles. The highest BCUT2D eigenvalue weighted by Gasteiger charge is 2.61. The number of hydrogen-bond donors (Lipinski definition) is 2. The van der Waals surface area contributed by atoms with Crippen LogP contribution in [0.25, 0.3) is 10.8 Å². The second-order valence-corrected chi connectivity index (χ2v) is 12.2. The first-order valence-electron chi connectivity index (χ1n) is 13.3. The number of ether oxygens (including phenoxy) is 1. The number of benzene rings is 1. The lowest BCUT2D eigenvalue weighted by Crippen LogP contribution is -2.56. The Labute approximate surface area is 218 Å². The van der Waals surface area contributed by atoms with Crippen LogP contribution in [-0.4, -0.2) is 83.9 Å². The molecule has 2 N–H and O–H groups in total. The summed E-state index contributed by atoms with van der Waals surface area (Å²) in [6.07, 6.45) is 5.67. The Morgan fingerprint density at radius 2 is 1.97 bits per heavy atom. The minimum absolute atomic E-state index is 0.108. The fraction of sp³-hybridized carbons (Fsp3) is 0.643. The molecule has 7 nitrogen and oxygen atoms in total. The number of amides is 1. The van der Waals surface area contributed by atoms with Crippen molar-refractivity contribution in [3.05, 3.63) is 35.0 Å². The van der Waals surface area contributed by atoms with Crippen molar-refractivity contribution in [1.29, 1.82) is 0 Å². The Balaban J connectivity index is 1.15. The number of rotatable bonds is 5. The monoisotopic (exact) mass is 512 g/mol. The summed E-state index contributed by atoms with van der Waals surface area (Å²) in [5, 5.41) is 16.3. The van der Waals surface area contributed by atoms with Gasteiger partial charge < -0.3 is 20.1 Å². The minimum Gasteiger partial charge on any atom is -0.389 e. The van der Waals surface area contributed by atoms with E-state index in [-0.39, 0.29) is 17.4 Å². The SMILES string of the molecule is CN(C)C1CC[C@H]2[C@H](C(=O)Nc3cc4cc(C5CCN([C@]6(C)COC[C@@H]6O)CC5)c(Cl)cc4cn3)[C@@H]12. The zero-order valence-corrected chi connectivity index (χ0v) is 22.2. The number of aromatic nitrogens is 1. The van der Waals surface area contributed by atoms with E-state index in [4.69, 9.17) is 16.3 Å². The number of fused-ring (bicyclic) bond motifs is 2. The van der Waals surface area contributed by atoms with E-state index in [1.807, 2.05) is 18.3 Å². The summed E-state index contributed by atoms with van der Waals surface area (Å²) in [5.74, 6) is 2.20. The molecule has 2 aliphatic carbocycles. The molecule has 1 amide bonds. The first kappa shape index (κ1) is 24.6. The lowest BCUT2D eigenvalue weighted by molar-refractivity contribution is -0.118. The zero-order chi connectivity index (χ0) is 25.2. The number of pyridine rings is 1. The first-order chi connectivity index (χ1) is 17.3. The van der Waals surface area contributed by atoms with Crippen molar-refractivity contribution in [2.45, 2.75) is 56.2 Å². The van der Waals surface area contributed by atoms with E-state index in [2.05, 4.69) is 47.2 Å². The minimum atomic E-state index is -0.441. The normalized spacial score (nSPS) is 34.9. The number of anilines is 1. The van der Waals surface area contributed by atoms with Crippen LogP contribution in [0.2, 0.25) is 5.02 Å². The van der Waals surface area contributed by atoms with Crippen LogP contribution in [0, 0.1) is 17.8 Å². The number of piperidine rings is 1. The van der Waals surface area contributed by atoms with E-state index < -0.39 is 6.10 Å². The molecule has 6 atom stereocenters. The van der Waals surface area contributed by atoms with Gasteiger partial charge >= 0.3 is 0 Å². The highest BCUT2D eigenvalue weighted by atomic mass is 35.5. The van der Waals surface area contributed by atoms with Crippen molar-refractivity contribution in [2.75, 3.05) is 45.7 Å². The van der Waals surface area contributed by atoms with Crippen molar-refractivity contribution < 1.29 is 14.6 Å². The maximum absolute atomic E-state index is 13.0. The van der Waals surface area contributed by atoms with E-state index in [0.29, 0.717) is 42.8 Å². The number of nitrogens with one attached hydrogen (secondary N) is 1. The van der Waals surface area contributed by atoms with Crippen molar-refractivity contribution >= 4 is 34.1 Å². The molecule has 1 aromatic carbocycles. The molecule has 8 heteroatoms. The van der Waals surface area contributed by atoms with Gasteiger partial charge in [0.25, 0.3) is 0 Å². The third-order valence-corrected chi connectivity index (χ3v) is 9.90. The molecular formula is C28H37ClN4O3. The molecule has 1 unspecified atom stereocenters. The van der Waals surface area contributed by atoms with Gasteiger partial charge in [-0.05, 0) is 107 Å². The van der Waals surface area contributed by atoms with Crippen LogP contribution in [-0.2, 0) is 9.53 Å². The Kier molecular flexibility index (Phi) is 6.28. The molecule has 2 aliphatic heterocycles. The first-order valence-corrected chi connectivity index (χ1v) is 13.7. The summed E-state index contributed by atoms with van der Waals surface area (Å²) in [4.78, 5) is 22.2. The number of hydrogen-bond acceptors (Lipinski definition) is 6. The van der Waals surface area contributed by atoms with Gasteiger partial charge in [0.15, 0.2) is 0 Å². The van der Waals surface area contributed by atoms with E-state index in [1.165, 1.54) is 6.42 Å². The van der Waals surface area contributed by atoms with E-state index in [0.717, 1.165) is 53.7 Å². The van der Waals surface area contributed by atoms with Crippen LogP contribution in [0.3, 0.4) is 0 Å². The number of likely N-dealkylation sites (tertiary alicyclic amines) is 1. The highest BCUT2D eigenvalue weighted by Crippen LogP contribution is 2.59. The van der Waals surface area contributed by atoms with Crippen molar-refractivity contribution in [1.82, 2.24) is 14.8 Å². The van der Waals surface area contributed by atoms with Crippen LogP contribution in [0.1, 0.15) is 44.1 Å².